The van der Waals surface area contributed by atoms with Gasteiger partial charge >= 0.3 is 6.09 Å². The molecule has 4 nitrogen and oxygen atoms in total. The number of aliphatic hydroxyl groups excluding tert-OH is 1. The maximum Gasteiger partial charge on any atom is 0.408 e. The minimum absolute atomic E-state index is 0.0661. The number of fused-ring (bicyclic) bond motifs is 2. The Bertz CT molecular complexity index is 359. The van der Waals surface area contributed by atoms with Crippen molar-refractivity contribution in [2.24, 2.45) is 11.3 Å². The Kier molecular flexibility index (Phi) is 2.93. The van der Waals surface area contributed by atoms with Gasteiger partial charge in [-0.05, 0) is 51.4 Å². The lowest BCUT2D eigenvalue weighted by Crippen LogP contribution is -2.60. The molecule has 2 saturated carbocycles. The first-order valence-corrected chi connectivity index (χ1v) is 6.78. The predicted molar refractivity (Wildman–Crippen MR) is 69.2 cm³/mol. The Balaban J connectivity index is 2.14. The van der Waals surface area contributed by atoms with Crippen LogP contribution in [0.4, 0.5) is 4.79 Å². The Morgan fingerprint density at radius 2 is 2.00 bits per heavy atom. The summed E-state index contributed by atoms with van der Waals surface area (Å²) < 4.78 is 5.33. The second-order valence-corrected chi connectivity index (χ2v) is 7.31. The van der Waals surface area contributed by atoms with E-state index < -0.39 is 23.3 Å². The molecule has 0 saturated heterocycles. The van der Waals surface area contributed by atoms with Crippen LogP contribution in [0.15, 0.2) is 0 Å². The molecule has 4 heteroatoms. The van der Waals surface area contributed by atoms with Gasteiger partial charge in [-0.15, -0.1) is 0 Å². The Labute approximate surface area is 109 Å². The molecule has 0 radical (unpaired) electrons. The van der Waals surface area contributed by atoms with Gasteiger partial charge in [0.1, 0.15) is 5.60 Å². The number of aliphatic hydroxyl groups is 1. The van der Waals surface area contributed by atoms with Crippen LogP contribution >= 0.6 is 0 Å². The number of ether oxygens (including phenoxy) is 1. The van der Waals surface area contributed by atoms with E-state index in [9.17, 15) is 9.90 Å². The third-order valence-corrected chi connectivity index (χ3v) is 4.86. The molecule has 0 aliphatic heterocycles. The van der Waals surface area contributed by atoms with E-state index in [1.165, 1.54) is 0 Å². The number of carbonyl (C=O) groups is 1. The molecule has 2 fully saturated rings. The van der Waals surface area contributed by atoms with Gasteiger partial charge in [0, 0.05) is 0 Å². The van der Waals surface area contributed by atoms with Gasteiger partial charge in [-0.2, -0.15) is 0 Å². The summed E-state index contributed by atoms with van der Waals surface area (Å²) in [6.45, 7) is 9.81. The number of alkyl carbamates (subject to hydrolysis) is 1. The Morgan fingerprint density at radius 3 is 2.39 bits per heavy atom. The number of hydrogen-bond acceptors (Lipinski definition) is 3. The van der Waals surface area contributed by atoms with Gasteiger partial charge in [0.15, 0.2) is 0 Å². The Morgan fingerprint density at radius 1 is 1.39 bits per heavy atom. The molecule has 2 bridgehead atoms. The molecular formula is C14H25NO3. The third kappa shape index (κ3) is 1.91. The average molecular weight is 255 g/mol. The highest BCUT2D eigenvalue weighted by Gasteiger charge is 2.64. The number of nitrogens with one attached hydrogen (secondary N) is 1. The summed E-state index contributed by atoms with van der Waals surface area (Å²) in [6.07, 6.45) is 1.81. The molecule has 3 atom stereocenters. The van der Waals surface area contributed by atoms with Crippen molar-refractivity contribution in [2.75, 3.05) is 0 Å². The zero-order valence-electron chi connectivity index (χ0n) is 12.0. The van der Waals surface area contributed by atoms with Gasteiger partial charge in [-0.1, -0.05) is 13.8 Å². The molecule has 0 heterocycles. The first-order chi connectivity index (χ1) is 8.08. The monoisotopic (exact) mass is 255 g/mol. The zero-order chi connectivity index (χ0) is 13.8. The molecule has 1 amide bonds. The zero-order valence-corrected chi connectivity index (χ0v) is 12.0. The molecular weight excluding hydrogens is 230 g/mol. The summed E-state index contributed by atoms with van der Waals surface area (Å²) >= 11 is 0. The van der Waals surface area contributed by atoms with Crippen molar-refractivity contribution in [3.8, 4) is 0 Å². The Hall–Kier alpha value is -0.770. The van der Waals surface area contributed by atoms with Gasteiger partial charge in [0.25, 0.3) is 0 Å². The summed E-state index contributed by atoms with van der Waals surface area (Å²) in [6, 6.07) is 0. The topological polar surface area (TPSA) is 58.6 Å². The van der Waals surface area contributed by atoms with E-state index in [0.29, 0.717) is 5.92 Å². The smallest absolute Gasteiger partial charge is 0.408 e. The van der Waals surface area contributed by atoms with Crippen LogP contribution in [0.2, 0.25) is 0 Å². The summed E-state index contributed by atoms with van der Waals surface area (Å²) in [7, 11) is 0. The number of hydrogen-bond donors (Lipinski definition) is 2. The first-order valence-electron chi connectivity index (χ1n) is 6.78. The van der Waals surface area contributed by atoms with Crippen LogP contribution in [0.1, 0.15) is 53.9 Å². The lowest BCUT2D eigenvalue weighted by molar-refractivity contribution is 0.00882. The SMILES string of the molecule is CC(C)(C)OC(=O)N[C@@]12CC[C@H](C[C@H]1O)C2(C)C. The second kappa shape index (κ2) is 3.86. The lowest BCUT2D eigenvalue weighted by atomic mass is 9.75. The molecule has 2 rings (SSSR count). The van der Waals surface area contributed by atoms with Gasteiger partial charge in [0.05, 0.1) is 11.6 Å². The van der Waals surface area contributed by atoms with Gasteiger partial charge in [-0.3, -0.25) is 0 Å². The molecule has 2 aliphatic carbocycles. The molecule has 2 N–H and O–H groups in total. The molecule has 18 heavy (non-hydrogen) atoms. The molecule has 104 valence electrons. The van der Waals surface area contributed by atoms with E-state index >= 15 is 0 Å². The van der Waals surface area contributed by atoms with E-state index in [4.69, 9.17) is 4.74 Å². The number of carbonyl (C=O) groups excluding carboxylic acids is 1. The fraction of sp³-hybridized carbons (Fsp3) is 0.929. The quantitative estimate of drug-likeness (QED) is 0.756. The summed E-state index contributed by atoms with van der Waals surface area (Å²) in [5.41, 5.74) is -1.09. The van der Waals surface area contributed by atoms with Crippen molar-refractivity contribution in [1.29, 1.82) is 0 Å². The van der Waals surface area contributed by atoms with Crippen LogP contribution < -0.4 is 5.32 Å². The van der Waals surface area contributed by atoms with Crippen molar-refractivity contribution in [1.82, 2.24) is 5.32 Å². The highest BCUT2D eigenvalue weighted by molar-refractivity contribution is 5.69. The maximum absolute atomic E-state index is 12.0. The third-order valence-electron chi connectivity index (χ3n) is 4.86. The van der Waals surface area contributed by atoms with Crippen molar-refractivity contribution in [2.45, 2.75) is 71.1 Å². The highest BCUT2D eigenvalue weighted by Crippen LogP contribution is 2.60. The largest absolute Gasteiger partial charge is 0.444 e. The van der Waals surface area contributed by atoms with E-state index in [-0.39, 0.29) is 5.41 Å². The molecule has 2 aliphatic rings. The van der Waals surface area contributed by atoms with Crippen molar-refractivity contribution >= 4 is 6.09 Å². The summed E-state index contributed by atoms with van der Waals surface area (Å²) in [4.78, 5) is 12.0. The van der Waals surface area contributed by atoms with Gasteiger partial charge < -0.3 is 15.2 Å². The maximum atomic E-state index is 12.0. The predicted octanol–water partition coefficient (Wildman–Crippen LogP) is 2.45. The van der Waals surface area contributed by atoms with Gasteiger partial charge in [0.2, 0.25) is 0 Å². The first kappa shape index (κ1) is 13.7. The number of rotatable bonds is 1. The fourth-order valence-corrected chi connectivity index (χ4v) is 3.72. The summed E-state index contributed by atoms with van der Waals surface area (Å²) in [5.74, 6) is 0.488. The van der Waals surface area contributed by atoms with E-state index in [1.807, 2.05) is 20.8 Å². The van der Waals surface area contributed by atoms with Crippen molar-refractivity contribution in [3.63, 3.8) is 0 Å². The standard InChI is InChI=1S/C14H25NO3/c1-12(2,3)18-11(17)15-14-7-6-9(8-10(14)16)13(14,4)5/h9-10,16H,6-8H2,1-5H3,(H,15,17)/t9-,10-,14+/m1/s1. The fourth-order valence-electron chi connectivity index (χ4n) is 3.72. The summed E-state index contributed by atoms with van der Waals surface area (Å²) in [5, 5.41) is 13.3. The lowest BCUT2D eigenvalue weighted by Gasteiger charge is -2.41. The highest BCUT2D eigenvalue weighted by atomic mass is 16.6. The van der Waals surface area contributed by atoms with E-state index in [2.05, 4.69) is 19.2 Å². The molecule has 0 aromatic heterocycles. The number of amides is 1. The van der Waals surface area contributed by atoms with Crippen molar-refractivity contribution < 1.29 is 14.6 Å². The van der Waals surface area contributed by atoms with Gasteiger partial charge in [-0.25, -0.2) is 4.79 Å². The normalized spacial score (nSPS) is 37.7. The molecule has 0 unspecified atom stereocenters. The van der Waals surface area contributed by atoms with E-state index in [0.717, 1.165) is 19.3 Å². The van der Waals surface area contributed by atoms with Crippen LogP contribution in [-0.2, 0) is 4.74 Å². The molecule has 0 aromatic rings. The van der Waals surface area contributed by atoms with E-state index in [1.54, 1.807) is 0 Å². The minimum Gasteiger partial charge on any atom is -0.444 e. The van der Waals surface area contributed by atoms with Crippen LogP contribution in [0.5, 0.6) is 0 Å². The van der Waals surface area contributed by atoms with Crippen LogP contribution in [0.3, 0.4) is 0 Å². The van der Waals surface area contributed by atoms with Crippen LogP contribution in [-0.4, -0.2) is 28.4 Å². The average Bonchev–Trinajstić information content (AvgIpc) is 2.47. The minimum atomic E-state index is -0.514. The molecule has 0 aromatic carbocycles. The van der Waals surface area contributed by atoms with Crippen LogP contribution in [0, 0.1) is 11.3 Å². The van der Waals surface area contributed by atoms with Crippen molar-refractivity contribution in [3.05, 3.63) is 0 Å². The second-order valence-electron chi connectivity index (χ2n) is 7.31. The van der Waals surface area contributed by atoms with Crippen LogP contribution in [0.25, 0.3) is 0 Å². The molecule has 0 spiro atoms.